The summed E-state index contributed by atoms with van der Waals surface area (Å²) in [4.78, 5) is 32.2. The Bertz CT molecular complexity index is 1360. The maximum Gasteiger partial charge on any atom is 0.490 e. The van der Waals surface area contributed by atoms with Crippen LogP contribution in [0.4, 0.5) is 13.2 Å². The maximum atomic E-state index is 12.8. The fraction of sp³-hybridized carbons (Fsp3) is 0.333. The Morgan fingerprint density at radius 3 is 2.56 bits per heavy atom. The van der Waals surface area contributed by atoms with Gasteiger partial charge in [0.25, 0.3) is 5.91 Å². The third-order valence-corrected chi connectivity index (χ3v) is 6.08. The third kappa shape index (κ3) is 5.48. The van der Waals surface area contributed by atoms with E-state index in [1.54, 1.807) is 4.52 Å². The largest absolute Gasteiger partial charge is 0.490 e. The Hall–Kier alpha value is -3.93. The molecule has 0 bridgehead atoms. The number of pyridine rings is 1. The van der Waals surface area contributed by atoms with Crippen LogP contribution < -0.4 is 5.32 Å². The van der Waals surface area contributed by atoms with E-state index in [9.17, 15) is 18.0 Å². The number of likely N-dealkylation sites (tertiary alicyclic amines) is 1. The van der Waals surface area contributed by atoms with Crippen molar-refractivity contribution in [3.05, 3.63) is 65.7 Å². The van der Waals surface area contributed by atoms with Gasteiger partial charge in [-0.25, -0.2) is 14.3 Å². The van der Waals surface area contributed by atoms with E-state index in [4.69, 9.17) is 14.9 Å². The highest BCUT2D eigenvalue weighted by Gasteiger charge is 2.38. The zero-order valence-corrected chi connectivity index (χ0v) is 19.6. The summed E-state index contributed by atoms with van der Waals surface area (Å²) in [6.07, 6.45) is -3.36. The van der Waals surface area contributed by atoms with Gasteiger partial charge < -0.3 is 15.4 Å². The first kappa shape index (κ1) is 25.2. The molecule has 5 rings (SSSR count). The molecule has 0 saturated carbocycles. The molecule has 1 fully saturated rings. The lowest BCUT2D eigenvalue weighted by molar-refractivity contribution is -0.192. The highest BCUT2D eigenvalue weighted by atomic mass is 19.4. The van der Waals surface area contributed by atoms with E-state index in [1.807, 2.05) is 55.5 Å². The zero-order valence-electron chi connectivity index (χ0n) is 19.6. The number of carboxylic acid groups (broad SMARTS) is 1. The number of carbonyl (C=O) groups excluding carboxylic acids is 1. The number of hydrogen-bond acceptors (Lipinski definition) is 5. The lowest BCUT2D eigenvalue weighted by Crippen LogP contribution is -2.45. The van der Waals surface area contributed by atoms with Crippen LogP contribution in [0, 0.1) is 6.92 Å². The normalized spacial score (nSPS) is 18.6. The molecule has 4 heterocycles. The lowest BCUT2D eigenvalue weighted by Gasteiger charge is -2.36. The summed E-state index contributed by atoms with van der Waals surface area (Å²) in [6.45, 7) is 2.88. The Kier molecular flexibility index (Phi) is 6.97. The molecule has 2 atom stereocenters. The van der Waals surface area contributed by atoms with Crippen LogP contribution in [0.3, 0.4) is 0 Å². The van der Waals surface area contributed by atoms with Crippen molar-refractivity contribution in [3.63, 3.8) is 0 Å². The van der Waals surface area contributed by atoms with Gasteiger partial charge in [-0.2, -0.15) is 18.3 Å². The molecule has 1 amide bonds. The molecule has 0 aliphatic carbocycles. The number of benzene rings is 1. The average molecular weight is 502 g/mol. The van der Waals surface area contributed by atoms with Gasteiger partial charge in [0, 0.05) is 18.3 Å². The van der Waals surface area contributed by atoms with Gasteiger partial charge in [0.2, 0.25) is 0 Å². The number of amides is 1. The first-order chi connectivity index (χ1) is 17.0. The number of halogens is 3. The quantitative estimate of drug-likeness (QED) is 0.393. The van der Waals surface area contributed by atoms with E-state index in [-0.39, 0.29) is 18.0 Å². The lowest BCUT2D eigenvalue weighted by atomic mass is 9.97. The summed E-state index contributed by atoms with van der Waals surface area (Å²) in [5.41, 5.74) is 4.41. The number of aromatic amines is 1. The van der Waals surface area contributed by atoms with Crippen LogP contribution in [0.1, 0.15) is 40.9 Å². The predicted molar refractivity (Wildman–Crippen MR) is 126 cm³/mol. The number of piperidine rings is 1. The molecule has 0 spiro atoms. The number of aromatic nitrogens is 4. The molecule has 3 N–H and O–H groups in total. The number of nitrogens with one attached hydrogen (secondary N) is 2. The zero-order chi connectivity index (χ0) is 26.0. The summed E-state index contributed by atoms with van der Waals surface area (Å²) >= 11 is 0. The first-order valence-corrected chi connectivity index (χ1v) is 11.2. The molecule has 0 radical (unpaired) electrons. The summed E-state index contributed by atoms with van der Waals surface area (Å²) in [5, 5.41) is 14.8. The summed E-state index contributed by atoms with van der Waals surface area (Å²) in [6, 6.07) is 16.1. The molecule has 1 aliphatic heterocycles. The number of alkyl halides is 3. The number of fused-ring (bicyclic) bond motifs is 2. The molecule has 1 aliphatic rings. The van der Waals surface area contributed by atoms with Crippen molar-refractivity contribution in [2.75, 3.05) is 13.6 Å². The van der Waals surface area contributed by atoms with Crippen molar-refractivity contribution in [2.24, 2.45) is 0 Å². The number of carboxylic acids is 1. The Balaban J connectivity index is 0.000000384. The number of nitrogens with zero attached hydrogens (tertiary/aromatic N) is 4. The van der Waals surface area contributed by atoms with Crippen molar-refractivity contribution in [2.45, 2.75) is 38.0 Å². The third-order valence-electron chi connectivity index (χ3n) is 6.08. The second kappa shape index (κ2) is 9.97. The van der Waals surface area contributed by atoms with Gasteiger partial charge in [0.05, 0.1) is 22.6 Å². The Morgan fingerprint density at radius 1 is 1.17 bits per heavy atom. The van der Waals surface area contributed by atoms with Gasteiger partial charge in [-0.05, 0) is 57.1 Å². The number of rotatable bonds is 3. The second-order valence-corrected chi connectivity index (χ2v) is 8.67. The summed E-state index contributed by atoms with van der Waals surface area (Å²) in [5.74, 6) is -1.92. The fourth-order valence-corrected chi connectivity index (χ4v) is 4.19. The number of H-pyrrole nitrogens is 1. The van der Waals surface area contributed by atoms with Crippen molar-refractivity contribution >= 4 is 28.4 Å². The van der Waals surface area contributed by atoms with E-state index in [0.29, 0.717) is 5.69 Å². The topological polar surface area (TPSA) is 116 Å². The summed E-state index contributed by atoms with van der Waals surface area (Å²) in [7, 11) is 2.11. The van der Waals surface area contributed by atoms with Gasteiger partial charge in [-0.1, -0.05) is 18.2 Å². The molecule has 36 heavy (non-hydrogen) atoms. The van der Waals surface area contributed by atoms with E-state index in [1.165, 1.54) is 0 Å². The maximum absolute atomic E-state index is 12.8. The van der Waals surface area contributed by atoms with Gasteiger partial charge in [0.1, 0.15) is 5.82 Å². The smallest absolute Gasteiger partial charge is 0.475 e. The van der Waals surface area contributed by atoms with Gasteiger partial charge in [-0.15, -0.1) is 0 Å². The SMILES string of the molecule is Cc1cccc2cc(C(=O)N[C@@H]3CCN(C)[C@@H](c4nc5ccccc5[nH]4)C3)nn12.O=C(O)C(F)(F)F. The van der Waals surface area contributed by atoms with E-state index < -0.39 is 12.1 Å². The van der Waals surface area contributed by atoms with Gasteiger partial charge in [0.15, 0.2) is 5.69 Å². The van der Waals surface area contributed by atoms with E-state index in [0.717, 1.165) is 47.5 Å². The van der Waals surface area contributed by atoms with Crippen LogP contribution in [0.25, 0.3) is 16.6 Å². The number of aryl methyl sites for hydroxylation is 1. The fourth-order valence-electron chi connectivity index (χ4n) is 4.19. The highest BCUT2D eigenvalue weighted by molar-refractivity contribution is 5.93. The molecule has 190 valence electrons. The first-order valence-electron chi connectivity index (χ1n) is 11.2. The second-order valence-electron chi connectivity index (χ2n) is 8.67. The number of para-hydroxylation sites is 2. The van der Waals surface area contributed by atoms with Crippen molar-refractivity contribution in [1.29, 1.82) is 0 Å². The minimum absolute atomic E-state index is 0.0859. The summed E-state index contributed by atoms with van der Waals surface area (Å²) < 4.78 is 33.5. The molecule has 1 aromatic carbocycles. The average Bonchev–Trinajstić information content (AvgIpc) is 3.45. The highest BCUT2D eigenvalue weighted by Crippen LogP contribution is 2.29. The molecule has 3 aromatic heterocycles. The van der Waals surface area contributed by atoms with E-state index >= 15 is 0 Å². The number of imidazole rings is 1. The molecule has 9 nitrogen and oxygen atoms in total. The Morgan fingerprint density at radius 2 is 1.89 bits per heavy atom. The van der Waals surface area contributed by atoms with Crippen LogP contribution in [0.15, 0.2) is 48.5 Å². The van der Waals surface area contributed by atoms with Crippen molar-refractivity contribution in [3.8, 4) is 0 Å². The minimum atomic E-state index is -5.08. The Labute approximate surface area is 203 Å². The number of hydrogen-bond donors (Lipinski definition) is 3. The van der Waals surface area contributed by atoms with Gasteiger partial charge in [-0.3, -0.25) is 9.69 Å². The molecular weight excluding hydrogens is 477 g/mol. The van der Waals surface area contributed by atoms with Crippen LogP contribution in [-0.2, 0) is 4.79 Å². The van der Waals surface area contributed by atoms with Crippen molar-refractivity contribution < 1.29 is 27.9 Å². The molecule has 4 aromatic rings. The van der Waals surface area contributed by atoms with Crippen molar-refractivity contribution in [1.82, 2.24) is 29.8 Å². The monoisotopic (exact) mass is 502 g/mol. The molecular formula is C24H25F3N6O3. The standard InChI is InChI=1S/C22H24N6O.C2HF3O2/c1-14-6-5-7-16-13-19(26-28(14)16)22(29)23-15-10-11-27(2)20(12-15)21-24-17-8-3-4-9-18(17)25-21;3-2(4,5)1(6)7/h3-9,13,15,20H,10-12H2,1-2H3,(H,23,29)(H,24,25);(H,6,7)/t15-,20-;/m1./s1. The van der Waals surface area contributed by atoms with Crippen LogP contribution in [0.2, 0.25) is 0 Å². The molecule has 1 saturated heterocycles. The number of aliphatic carboxylic acids is 1. The molecule has 0 unspecified atom stereocenters. The van der Waals surface area contributed by atoms with Gasteiger partial charge >= 0.3 is 12.1 Å². The van der Waals surface area contributed by atoms with E-state index in [2.05, 4.69) is 27.3 Å². The molecule has 12 heteroatoms. The van der Waals surface area contributed by atoms with Crippen LogP contribution in [0.5, 0.6) is 0 Å². The number of carbonyl (C=O) groups is 2. The van der Waals surface area contributed by atoms with Crippen LogP contribution >= 0.6 is 0 Å². The predicted octanol–water partition coefficient (Wildman–Crippen LogP) is 3.72. The minimum Gasteiger partial charge on any atom is -0.475 e. The van der Waals surface area contributed by atoms with Crippen LogP contribution in [-0.4, -0.2) is 67.3 Å².